The number of unbranched alkanes of at least 4 members (excludes halogenated alkanes) is 1. The van der Waals surface area contributed by atoms with Crippen LogP contribution in [0.25, 0.3) is 0 Å². The highest BCUT2D eigenvalue weighted by Gasteiger charge is 2.34. The van der Waals surface area contributed by atoms with Gasteiger partial charge in [0, 0.05) is 32.2 Å². The summed E-state index contributed by atoms with van der Waals surface area (Å²) in [5.74, 6) is 2.21. The minimum Gasteiger partial charge on any atom is -0.493 e. The van der Waals surface area contributed by atoms with Gasteiger partial charge in [-0.1, -0.05) is 81.3 Å². The van der Waals surface area contributed by atoms with Gasteiger partial charge in [0.1, 0.15) is 5.75 Å². The van der Waals surface area contributed by atoms with Crippen molar-refractivity contribution in [2.45, 2.75) is 94.8 Å². The standard InChI is InChI=1S/C41H45NO3S/c1-5-7-23-45-41-26(3)24-31(25-27(41)4)42-35-13-8-11-33-37(35)39(43)34-12-9-14-36(38(34)40(33)44)46-32-21-19-30(20-22-32)29-17-15-28(10-6-2)16-18-29/h8-9,11-14,19-22,24-25,28-29,42H,5-7,10,15-18,23H2,1-4H3. The number of anilines is 2. The number of carbonyl (C=O) groups is 2. The smallest absolute Gasteiger partial charge is 0.196 e. The van der Waals surface area contributed by atoms with Crippen LogP contribution in [0, 0.1) is 19.8 Å². The molecule has 0 heterocycles. The van der Waals surface area contributed by atoms with Crippen LogP contribution in [0.1, 0.15) is 120 Å². The molecule has 0 saturated heterocycles. The normalized spacial score (nSPS) is 17.4. The molecule has 4 aromatic rings. The first kappa shape index (κ1) is 32.1. The van der Waals surface area contributed by atoms with Crippen LogP contribution in [0.3, 0.4) is 0 Å². The Hall–Kier alpha value is -3.83. The first-order chi connectivity index (χ1) is 22.4. The molecule has 0 atom stereocenters. The molecule has 0 aromatic heterocycles. The zero-order valence-corrected chi connectivity index (χ0v) is 28.4. The van der Waals surface area contributed by atoms with Crippen molar-refractivity contribution in [3.63, 3.8) is 0 Å². The van der Waals surface area contributed by atoms with Crippen molar-refractivity contribution in [3.8, 4) is 5.75 Å². The van der Waals surface area contributed by atoms with E-state index in [0.717, 1.165) is 51.1 Å². The Morgan fingerprint density at radius 1 is 0.783 bits per heavy atom. The monoisotopic (exact) mass is 631 g/mol. The summed E-state index contributed by atoms with van der Waals surface area (Å²) in [6.45, 7) is 9.21. The molecule has 238 valence electrons. The van der Waals surface area contributed by atoms with Gasteiger partial charge in [0.15, 0.2) is 11.6 Å². The molecule has 0 spiro atoms. The van der Waals surface area contributed by atoms with E-state index >= 15 is 0 Å². The van der Waals surface area contributed by atoms with Gasteiger partial charge in [0.05, 0.1) is 17.9 Å². The highest BCUT2D eigenvalue weighted by molar-refractivity contribution is 7.99. The quantitative estimate of drug-likeness (QED) is 0.147. The Kier molecular flexibility index (Phi) is 9.98. The van der Waals surface area contributed by atoms with Gasteiger partial charge in [-0.25, -0.2) is 0 Å². The Labute approximate surface area is 278 Å². The molecule has 46 heavy (non-hydrogen) atoms. The first-order valence-corrected chi connectivity index (χ1v) is 17.8. The average Bonchev–Trinajstić information content (AvgIpc) is 3.06. The highest BCUT2D eigenvalue weighted by Crippen LogP contribution is 2.42. The summed E-state index contributed by atoms with van der Waals surface area (Å²) in [5.41, 5.74) is 6.81. The van der Waals surface area contributed by atoms with Crippen LogP contribution < -0.4 is 10.1 Å². The lowest BCUT2D eigenvalue weighted by atomic mass is 9.77. The molecule has 1 saturated carbocycles. The number of carbonyl (C=O) groups excluding carboxylic acids is 2. The van der Waals surface area contributed by atoms with Gasteiger partial charge in [-0.3, -0.25) is 9.59 Å². The molecule has 0 bridgehead atoms. The molecule has 2 aliphatic rings. The second-order valence-corrected chi connectivity index (χ2v) is 14.1. The van der Waals surface area contributed by atoms with E-state index < -0.39 is 0 Å². The molecular formula is C41H45NO3S. The lowest BCUT2D eigenvalue weighted by Crippen LogP contribution is -2.23. The van der Waals surface area contributed by atoms with E-state index in [2.05, 4.69) is 43.4 Å². The van der Waals surface area contributed by atoms with Gasteiger partial charge in [-0.15, -0.1) is 0 Å². The minimum absolute atomic E-state index is 0.108. The van der Waals surface area contributed by atoms with E-state index in [-0.39, 0.29) is 11.6 Å². The number of hydrogen-bond donors (Lipinski definition) is 1. The highest BCUT2D eigenvalue weighted by atomic mass is 32.2. The topological polar surface area (TPSA) is 55.4 Å². The number of fused-ring (bicyclic) bond motifs is 2. The van der Waals surface area contributed by atoms with Crippen LogP contribution in [0.4, 0.5) is 11.4 Å². The number of ether oxygens (including phenoxy) is 1. The third-order valence-corrected chi connectivity index (χ3v) is 10.7. The fraction of sp³-hybridized carbons (Fsp3) is 0.366. The van der Waals surface area contributed by atoms with Gasteiger partial charge in [0.2, 0.25) is 0 Å². The largest absolute Gasteiger partial charge is 0.493 e. The predicted molar refractivity (Wildman–Crippen MR) is 190 cm³/mol. The maximum atomic E-state index is 14.1. The van der Waals surface area contributed by atoms with Gasteiger partial charge in [-0.2, -0.15) is 0 Å². The van der Waals surface area contributed by atoms with Gasteiger partial charge in [0.25, 0.3) is 0 Å². The molecule has 1 fully saturated rings. The van der Waals surface area contributed by atoms with E-state index in [0.29, 0.717) is 40.5 Å². The Morgan fingerprint density at radius 3 is 2.11 bits per heavy atom. The first-order valence-electron chi connectivity index (χ1n) is 17.0. The summed E-state index contributed by atoms with van der Waals surface area (Å²) < 4.78 is 6.04. The van der Waals surface area contributed by atoms with Crippen LogP contribution in [0.2, 0.25) is 0 Å². The number of nitrogens with one attached hydrogen (secondary N) is 1. The molecule has 0 radical (unpaired) electrons. The average molecular weight is 632 g/mol. The van der Waals surface area contributed by atoms with Crippen molar-refractivity contribution in [1.82, 2.24) is 0 Å². The summed E-state index contributed by atoms with van der Waals surface area (Å²) in [5, 5.41) is 3.45. The molecule has 1 N–H and O–H groups in total. The number of aryl methyl sites for hydroxylation is 2. The zero-order valence-electron chi connectivity index (χ0n) is 27.6. The van der Waals surface area contributed by atoms with Crippen molar-refractivity contribution < 1.29 is 14.3 Å². The molecule has 0 aliphatic heterocycles. The number of rotatable bonds is 11. The molecule has 0 amide bonds. The predicted octanol–water partition coefficient (Wildman–Crippen LogP) is 11.2. The van der Waals surface area contributed by atoms with Crippen molar-refractivity contribution in [2.75, 3.05) is 11.9 Å². The van der Waals surface area contributed by atoms with Crippen molar-refractivity contribution in [1.29, 1.82) is 0 Å². The molecule has 6 rings (SSSR count). The molecular weight excluding hydrogens is 587 g/mol. The second-order valence-electron chi connectivity index (χ2n) is 13.0. The van der Waals surface area contributed by atoms with E-state index in [1.54, 1.807) is 23.9 Å². The maximum absolute atomic E-state index is 14.1. The molecule has 0 unspecified atom stereocenters. The van der Waals surface area contributed by atoms with Crippen molar-refractivity contribution >= 4 is 34.7 Å². The van der Waals surface area contributed by atoms with Gasteiger partial charge < -0.3 is 10.1 Å². The third-order valence-electron chi connectivity index (χ3n) is 9.64. The number of benzene rings is 4. The summed E-state index contributed by atoms with van der Waals surface area (Å²) in [7, 11) is 0. The van der Waals surface area contributed by atoms with Gasteiger partial charge in [-0.05, 0) is 111 Å². The molecule has 5 heteroatoms. The van der Waals surface area contributed by atoms with Crippen LogP contribution in [0.15, 0.2) is 82.6 Å². The second kappa shape index (κ2) is 14.3. The fourth-order valence-electron chi connectivity index (χ4n) is 7.25. The lowest BCUT2D eigenvalue weighted by Gasteiger charge is -2.28. The fourth-order valence-corrected chi connectivity index (χ4v) is 8.23. The Bertz CT molecular complexity index is 1710. The molecule has 2 aliphatic carbocycles. The van der Waals surface area contributed by atoms with Crippen LogP contribution in [-0.2, 0) is 0 Å². The third kappa shape index (κ3) is 6.66. The Morgan fingerprint density at radius 2 is 1.43 bits per heavy atom. The van der Waals surface area contributed by atoms with Crippen molar-refractivity contribution in [3.05, 3.63) is 112 Å². The molecule has 4 nitrogen and oxygen atoms in total. The van der Waals surface area contributed by atoms with Crippen LogP contribution >= 0.6 is 11.8 Å². The zero-order chi connectivity index (χ0) is 32.2. The maximum Gasteiger partial charge on any atom is 0.196 e. The van der Waals surface area contributed by atoms with Gasteiger partial charge >= 0.3 is 0 Å². The summed E-state index contributed by atoms with van der Waals surface area (Å²) in [4.78, 5) is 30.0. The molecule has 4 aromatic carbocycles. The van der Waals surface area contributed by atoms with Crippen LogP contribution in [-0.4, -0.2) is 18.2 Å². The SMILES string of the molecule is CCCCOc1c(C)cc(Nc2cccc3c2C(=O)c2cccc(Sc4ccc(C5CCC(CCC)CC5)cc4)c2C3=O)cc1C. The van der Waals surface area contributed by atoms with E-state index in [4.69, 9.17) is 4.74 Å². The van der Waals surface area contributed by atoms with E-state index in [1.807, 2.05) is 50.2 Å². The minimum atomic E-state index is -0.128. The summed E-state index contributed by atoms with van der Waals surface area (Å²) in [6, 6.07) is 24.1. The number of hydrogen-bond acceptors (Lipinski definition) is 5. The summed E-state index contributed by atoms with van der Waals surface area (Å²) >= 11 is 1.56. The number of ketones is 2. The van der Waals surface area contributed by atoms with E-state index in [1.165, 1.54) is 44.1 Å². The lowest BCUT2D eigenvalue weighted by molar-refractivity contribution is 0.0977. The Balaban J connectivity index is 1.22. The van der Waals surface area contributed by atoms with Crippen LogP contribution in [0.5, 0.6) is 5.75 Å². The van der Waals surface area contributed by atoms with Crippen molar-refractivity contribution in [2.24, 2.45) is 5.92 Å². The summed E-state index contributed by atoms with van der Waals surface area (Å²) in [6.07, 6.45) is 9.95. The van der Waals surface area contributed by atoms with E-state index in [9.17, 15) is 9.59 Å².